The van der Waals surface area contributed by atoms with Crippen molar-refractivity contribution in [1.82, 2.24) is 0 Å². The van der Waals surface area contributed by atoms with Crippen LogP contribution in [0.15, 0.2) is 60.7 Å². The van der Waals surface area contributed by atoms with E-state index in [4.69, 9.17) is 4.74 Å². The molecule has 23 heavy (non-hydrogen) atoms. The van der Waals surface area contributed by atoms with Crippen LogP contribution in [0, 0.1) is 5.92 Å². The van der Waals surface area contributed by atoms with Gasteiger partial charge in [0.05, 0.1) is 0 Å². The summed E-state index contributed by atoms with van der Waals surface area (Å²) < 4.78 is 5.90. The normalized spacial score (nSPS) is 24.4. The van der Waals surface area contributed by atoms with Gasteiger partial charge in [0.1, 0.15) is 17.5 Å². The van der Waals surface area contributed by atoms with E-state index < -0.39 is 12.0 Å². The Morgan fingerprint density at radius 2 is 1.96 bits per heavy atom. The molecule has 116 valence electrons. The number of hydrogen-bond acceptors (Lipinski definition) is 3. The second kappa shape index (κ2) is 5.47. The molecule has 0 radical (unpaired) electrons. The minimum Gasteiger partial charge on any atom is -0.480 e. The van der Waals surface area contributed by atoms with Crippen molar-refractivity contribution in [2.75, 3.05) is 5.32 Å². The lowest BCUT2D eigenvalue weighted by Gasteiger charge is -2.34. The number of carbonyl (C=O) groups is 1. The molecule has 4 nitrogen and oxygen atoms in total. The summed E-state index contributed by atoms with van der Waals surface area (Å²) in [5, 5.41) is 12.6. The van der Waals surface area contributed by atoms with Crippen LogP contribution in [0.5, 0.6) is 11.5 Å². The fourth-order valence-corrected chi connectivity index (χ4v) is 3.50. The van der Waals surface area contributed by atoms with Crippen LogP contribution in [0.1, 0.15) is 17.9 Å². The van der Waals surface area contributed by atoms with Gasteiger partial charge in [-0.3, -0.25) is 0 Å². The van der Waals surface area contributed by atoms with Crippen LogP contribution in [-0.4, -0.2) is 17.1 Å². The molecule has 0 saturated carbocycles. The van der Waals surface area contributed by atoms with Crippen molar-refractivity contribution in [2.24, 2.45) is 5.92 Å². The molecule has 4 heteroatoms. The molecule has 3 atom stereocenters. The highest BCUT2D eigenvalue weighted by Crippen LogP contribution is 2.45. The zero-order chi connectivity index (χ0) is 15.8. The van der Waals surface area contributed by atoms with E-state index in [-0.39, 0.29) is 11.8 Å². The molecule has 2 aromatic rings. The molecule has 0 aromatic heterocycles. The molecule has 4 rings (SSSR count). The van der Waals surface area contributed by atoms with Crippen LogP contribution in [-0.2, 0) is 4.79 Å². The molecular weight excluding hydrogens is 290 g/mol. The Balaban J connectivity index is 1.68. The number of aliphatic carboxylic acids is 1. The molecule has 0 amide bonds. The summed E-state index contributed by atoms with van der Waals surface area (Å²) in [4.78, 5) is 11.5. The number of anilines is 1. The second-order valence-electron chi connectivity index (χ2n) is 5.98. The maximum atomic E-state index is 11.5. The highest BCUT2D eigenvalue weighted by atomic mass is 16.5. The van der Waals surface area contributed by atoms with Gasteiger partial charge in [0.15, 0.2) is 0 Å². The summed E-state index contributed by atoms with van der Waals surface area (Å²) in [5.74, 6) is 0.959. The van der Waals surface area contributed by atoms with E-state index in [1.54, 1.807) is 0 Å². The predicted molar refractivity (Wildman–Crippen MR) is 88.0 cm³/mol. The van der Waals surface area contributed by atoms with Gasteiger partial charge < -0.3 is 15.2 Å². The number of ether oxygens (including phenoxy) is 1. The topological polar surface area (TPSA) is 58.6 Å². The highest BCUT2D eigenvalue weighted by Gasteiger charge is 2.40. The molecule has 0 unspecified atom stereocenters. The van der Waals surface area contributed by atoms with Gasteiger partial charge in [-0.15, -0.1) is 0 Å². The Kier molecular flexibility index (Phi) is 3.30. The Morgan fingerprint density at radius 3 is 2.74 bits per heavy atom. The monoisotopic (exact) mass is 307 g/mol. The third-order valence-electron chi connectivity index (χ3n) is 4.58. The second-order valence-corrected chi connectivity index (χ2v) is 5.98. The number of allylic oxidation sites excluding steroid dienone is 2. The van der Waals surface area contributed by atoms with E-state index in [2.05, 4.69) is 17.5 Å². The van der Waals surface area contributed by atoms with Gasteiger partial charge in [0.2, 0.25) is 0 Å². The van der Waals surface area contributed by atoms with Crippen molar-refractivity contribution >= 4 is 11.7 Å². The number of nitrogens with one attached hydrogen (secondary N) is 1. The maximum Gasteiger partial charge on any atom is 0.326 e. The average molecular weight is 307 g/mol. The maximum absolute atomic E-state index is 11.5. The lowest BCUT2D eigenvalue weighted by atomic mass is 9.79. The van der Waals surface area contributed by atoms with Gasteiger partial charge >= 0.3 is 5.97 Å². The van der Waals surface area contributed by atoms with Gasteiger partial charge in [-0.2, -0.15) is 0 Å². The van der Waals surface area contributed by atoms with Crippen LogP contribution in [0.25, 0.3) is 0 Å². The number of rotatable bonds is 3. The van der Waals surface area contributed by atoms with Crippen LogP contribution in [0.3, 0.4) is 0 Å². The van der Waals surface area contributed by atoms with E-state index >= 15 is 0 Å². The fraction of sp³-hybridized carbons (Fsp3) is 0.211. The van der Waals surface area contributed by atoms with E-state index in [0.29, 0.717) is 0 Å². The van der Waals surface area contributed by atoms with Gasteiger partial charge in [-0.1, -0.05) is 30.4 Å². The third kappa shape index (κ3) is 2.46. The quantitative estimate of drug-likeness (QED) is 0.841. The first-order valence-corrected chi connectivity index (χ1v) is 7.75. The lowest BCUT2D eigenvalue weighted by molar-refractivity contribution is -0.139. The molecule has 0 saturated heterocycles. The Labute approximate surface area is 134 Å². The van der Waals surface area contributed by atoms with Gasteiger partial charge in [0, 0.05) is 17.5 Å². The number of carboxylic acids is 1. The lowest BCUT2D eigenvalue weighted by Crippen LogP contribution is -2.41. The van der Waals surface area contributed by atoms with Gasteiger partial charge in [-0.05, 0) is 42.3 Å². The van der Waals surface area contributed by atoms with Crippen molar-refractivity contribution in [3.8, 4) is 11.5 Å². The number of benzene rings is 2. The Morgan fingerprint density at radius 1 is 1.13 bits per heavy atom. The van der Waals surface area contributed by atoms with Crippen molar-refractivity contribution < 1.29 is 14.6 Å². The van der Waals surface area contributed by atoms with Crippen LogP contribution < -0.4 is 10.1 Å². The first kappa shape index (κ1) is 13.9. The zero-order valence-electron chi connectivity index (χ0n) is 12.5. The molecule has 2 aliphatic rings. The van der Waals surface area contributed by atoms with E-state index in [1.165, 1.54) is 0 Å². The number of para-hydroxylation sites is 1. The minimum atomic E-state index is -0.793. The van der Waals surface area contributed by atoms with E-state index in [1.807, 2.05) is 48.5 Å². The first-order chi connectivity index (χ1) is 11.2. The molecule has 1 heterocycles. The standard InChI is InChI=1S/C19H17NO3/c21-19(22)18-15-8-4-7-14(15)16-11-13(9-10-17(16)20-18)23-12-5-2-1-3-6-12/h1-7,9-11,14-15,18,20H,8H2,(H,21,22)/t14-,15+,18-/m1/s1. The summed E-state index contributed by atoms with van der Waals surface area (Å²) in [6.45, 7) is 0. The molecule has 0 bridgehead atoms. The molecule has 2 aromatic carbocycles. The van der Waals surface area contributed by atoms with Crippen molar-refractivity contribution in [2.45, 2.75) is 18.4 Å². The van der Waals surface area contributed by atoms with Gasteiger partial charge in [0.25, 0.3) is 0 Å². The van der Waals surface area contributed by atoms with E-state index in [0.717, 1.165) is 29.2 Å². The minimum absolute atomic E-state index is 0.0620. The predicted octanol–water partition coefficient (Wildman–Crippen LogP) is 4.02. The molecule has 1 aliphatic heterocycles. The Bertz CT molecular complexity index is 769. The molecule has 0 fully saturated rings. The summed E-state index contributed by atoms with van der Waals surface area (Å²) in [7, 11) is 0. The SMILES string of the molecule is O=C(O)[C@@H]1Nc2ccc(Oc3ccccc3)cc2[C@@H]2C=CC[C@H]12. The summed E-state index contributed by atoms with van der Waals surface area (Å²) in [5.41, 5.74) is 1.99. The average Bonchev–Trinajstić information content (AvgIpc) is 3.05. The molecule has 2 N–H and O–H groups in total. The molecule has 0 spiro atoms. The van der Waals surface area contributed by atoms with Crippen LogP contribution >= 0.6 is 0 Å². The fourth-order valence-electron chi connectivity index (χ4n) is 3.50. The summed E-state index contributed by atoms with van der Waals surface area (Å²) >= 11 is 0. The third-order valence-corrected chi connectivity index (χ3v) is 4.58. The summed E-state index contributed by atoms with van der Waals surface area (Å²) in [6, 6.07) is 14.9. The largest absolute Gasteiger partial charge is 0.480 e. The van der Waals surface area contributed by atoms with Crippen LogP contribution in [0.2, 0.25) is 0 Å². The number of hydrogen-bond donors (Lipinski definition) is 2. The smallest absolute Gasteiger partial charge is 0.326 e. The highest BCUT2D eigenvalue weighted by molar-refractivity contribution is 5.80. The van der Waals surface area contributed by atoms with Gasteiger partial charge in [-0.25, -0.2) is 4.79 Å². The van der Waals surface area contributed by atoms with E-state index in [9.17, 15) is 9.90 Å². The number of fused-ring (bicyclic) bond motifs is 3. The van der Waals surface area contributed by atoms with Crippen molar-refractivity contribution in [3.63, 3.8) is 0 Å². The van der Waals surface area contributed by atoms with Crippen molar-refractivity contribution in [3.05, 3.63) is 66.2 Å². The van der Waals surface area contributed by atoms with Crippen LogP contribution in [0.4, 0.5) is 5.69 Å². The van der Waals surface area contributed by atoms with Crippen molar-refractivity contribution in [1.29, 1.82) is 0 Å². The number of carboxylic acid groups (broad SMARTS) is 1. The summed E-state index contributed by atoms with van der Waals surface area (Å²) in [6.07, 6.45) is 4.98. The Hall–Kier alpha value is -2.75. The molecule has 1 aliphatic carbocycles. The first-order valence-electron chi connectivity index (χ1n) is 7.75. The zero-order valence-corrected chi connectivity index (χ0v) is 12.5. The molecular formula is C19H17NO3.